The first-order valence-corrected chi connectivity index (χ1v) is 5.39. The minimum Gasteiger partial charge on any atom is -0.340 e. The molecule has 1 fully saturated rings. The molecule has 3 heteroatoms. The van der Waals surface area contributed by atoms with E-state index in [0.717, 1.165) is 6.42 Å². The minimum absolute atomic E-state index is 0.123. The van der Waals surface area contributed by atoms with Crippen molar-refractivity contribution in [3.8, 4) is 0 Å². The highest BCUT2D eigenvalue weighted by atomic mass is 16.2. The molecule has 1 rings (SSSR count). The fraction of sp³-hybridized carbons (Fsp3) is 0.909. The lowest BCUT2D eigenvalue weighted by molar-refractivity contribution is -0.118. The van der Waals surface area contributed by atoms with Crippen molar-refractivity contribution in [2.24, 2.45) is 11.3 Å². The molecule has 82 valence electrons. The first-order chi connectivity index (χ1) is 6.37. The summed E-state index contributed by atoms with van der Waals surface area (Å²) >= 11 is 0. The van der Waals surface area contributed by atoms with E-state index in [1.54, 1.807) is 0 Å². The van der Waals surface area contributed by atoms with Gasteiger partial charge in [0.05, 0.1) is 12.7 Å². The SMILES string of the molecule is CC(CC1NCC(=O)N1)CC(C)(C)C. The van der Waals surface area contributed by atoms with Crippen LogP contribution in [0.3, 0.4) is 0 Å². The number of nitrogens with one attached hydrogen (secondary N) is 2. The monoisotopic (exact) mass is 198 g/mol. The van der Waals surface area contributed by atoms with Crippen LogP contribution in [0.5, 0.6) is 0 Å². The maximum atomic E-state index is 10.9. The quantitative estimate of drug-likeness (QED) is 0.721. The van der Waals surface area contributed by atoms with Crippen LogP contribution in [0.4, 0.5) is 0 Å². The Kier molecular flexibility index (Phi) is 3.53. The zero-order valence-electron chi connectivity index (χ0n) is 9.68. The van der Waals surface area contributed by atoms with Crippen molar-refractivity contribution in [3.63, 3.8) is 0 Å². The summed E-state index contributed by atoms with van der Waals surface area (Å²) in [5.41, 5.74) is 0.377. The predicted molar refractivity (Wildman–Crippen MR) is 57.8 cm³/mol. The van der Waals surface area contributed by atoms with E-state index in [1.807, 2.05) is 0 Å². The van der Waals surface area contributed by atoms with Gasteiger partial charge in [-0.3, -0.25) is 10.1 Å². The molecule has 2 N–H and O–H groups in total. The van der Waals surface area contributed by atoms with Crippen molar-refractivity contribution in [3.05, 3.63) is 0 Å². The van der Waals surface area contributed by atoms with E-state index in [0.29, 0.717) is 17.9 Å². The van der Waals surface area contributed by atoms with Crippen LogP contribution in [0.15, 0.2) is 0 Å². The van der Waals surface area contributed by atoms with Crippen LogP contribution in [-0.4, -0.2) is 18.6 Å². The first kappa shape index (κ1) is 11.5. The summed E-state index contributed by atoms with van der Waals surface area (Å²) in [5, 5.41) is 6.08. The molecule has 1 aliphatic heterocycles. The summed E-state index contributed by atoms with van der Waals surface area (Å²) in [5.74, 6) is 0.767. The van der Waals surface area contributed by atoms with E-state index < -0.39 is 0 Å². The molecule has 3 nitrogen and oxygen atoms in total. The molecule has 14 heavy (non-hydrogen) atoms. The molecule has 2 atom stereocenters. The maximum Gasteiger partial charge on any atom is 0.235 e. The Balaban J connectivity index is 2.27. The summed E-state index contributed by atoms with van der Waals surface area (Å²) in [4.78, 5) is 10.9. The van der Waals surface area contributed by atoms with Gasteiger partial charge in [0, 0.05) is 0 Å². The fourth-order valence-electron chi connectivity index (χ4n) is 2.19. The van der Waals surface area contributed by atoms with Gasteiger partial charge in [0.1, 0.15) is 0 Å². The Morgan fingerprint density at radius 3 is 2.57 bits per heavy atom. The zero-order chi connectivity index (χ0) is 10.8. The molecular weight excluding hydrogens is 176 g/mol. The van der Waals surface area contributed by atoms with E-state index >= 15 is 0 Å². The second-order valence-electron chi connectivity index (χ2n) is 5.61. The summed E-state index contributed by atoms with van der Waals surface area (Å²) < 4.78 is 0. The average molecular weight is 198 g/mol. The lowest BCUT2D eigenvalue weighted by atomic mass is 9.84. The summed E-state index contributed by atoms with van der Waals surface area (Å²) in [6.45, 7) is 9.49. The van der Waals surface area contributed by atoms with Crippen molar-refractivity contribution in [1.82, 2.24) is 10.6 Å². The molecule has 0 saturated carbocycles. The fourth-order valence-corrected chi connectivity index (χ4v) is 2.19. The topological polar surface area (TPSA) is 41.1 Å². The van der Waals surface area contributed by atoms with Crippen molar-refractivity contribution < 1.29 is 4.79 Å². The Morgan fingerprint density at radius 2 is 2.14 bits per heavy atom. The van der Waals surface area contributed by atoms with Crippen molar-refractivity contribution in [2.45, 2.75) is 46.7 Å². The van der Waals surface area contributed by atoms with E-state index in [-0.39, 0.29) is 12.1 Å². The standard InChI is InChI=1S/C11H22N2O/c1-8(6-11(2,3)4)5-9-12-7-10(14)13-9/h8-9,12H,5-7H2,1-4H3,(H,13,14). The Bertz CT molecular complexity index is 208. The van der Waals surface area contributed by atoms with Crippen LogP contribution < -0.4 is 10.6 Å². The number of hydrogen-bond donors (Lipinski definition) is 2. The smallest absolute Gasteiger partial charge is 0.235 e. The molecule has 0 aliphatic carbocycles. The lowest BCUT2D eigenvalue weighted by Gasteiger charge is -2.25. The highest BCUT2D eigenvalue weighted by molar-refractivity contribution is 5.80. The second kappa shape index (κ2) is 4.30. The number of rotatable bonds is 3. The van der Waals surface area contributed by atoms with Crippen molar-refractivity contribution >= 4 is 5.91 Å². The largest absolute Gasteiger partial charge is 0.340 e. The Hall–Kier alpha value is -0.570. The number of carbonyl (C=O) groups is 1. The van der Waals surface area contributed by atoms with E-state index in [4.69, 9.17) is 0 Å². The number of hydrogen-bond acceptors (Lipinski definition) is 2. The highest BCUT2D eigenvalue weighted by Gasteiger charge is 2.23. The third-order valence-corrected chi connectivity index (χ3v) is 2.44. The molecule has 2 unspecified atom stereocenters. The molecule has 1 aliphatic rings. The van der Waals surface area contributed by atoms with Gasteiger partial charge in [-0.25, -0.2) is 0 Å². The van der Waals surface area contributed by atoms with Crippen LogP contribution in [0, 0.1) is 11.3 Å². The molecular formula is C11H22N2O. The predicted octanol–water partition coefficient (Wildman–Crippen LogP) is 1.49. The van der Waals surface area contributed by atoms with Crippen LogP contribution in [0.1, 0.15) is 40.5 Å². The number of amides is 1. The van der Waals surface area contributed by atoms with Gasteiger partial charge in [0.2, 0.25) is 5.91 Å². The van der Waals surface area contributed by atoms with E-state index in [9.17, 15) is 4.79 Å². The molecule has 0 spiro atoms. The van der Waals surface area contributed by atoms with E-state index in [2.05, 4.69) is 38.3 Å². The van der Waals surface area contributed by atoms with E-state index in [1.165, 1.54) is 6.42 Å². The molecule has 1 heterocycles. The third kappa shape index (κ3) is 4.09. The third-order valence-electron chi connectivity index (χ3n) is 2.44. The first-order valence-electron chi connectivity index (χ1n) is 5.39. The van der Waals surface area contributed by atoms with Gasteiger partial charge in [-0.05, 0) is 24.2 Å². The molecule has 1 amide bonds. The van der Waals surface area contributed by atoms with Crippen molar-refractivity contribution in [2.75, 3.05) is 6.54 Å². The Morgan fingerprint density at radius 1 is 1.50 bits per heavy atom. The molecule has 0 aromatic heterocycles. The van der Waals surface area contributed by atoms with Gasteiger partial charge in [-0.2, -0.15) is 0 Å². The molecule has 0 aromatic carbocycles. The normalized spacial score (nSPS) is 24.9. The number of carbonyl (C=O) groups excluding carboxylic acids is 1. The minimum atomic E-state index is 0.123. The van der Waals surface area contributed by atoms with Crippen LogP contribution in [0.25, 0.3) is 0 Å². The van der Waals surface area contributed by atoms with Crippen LogP contribution in [0.2, 0.25) is 0 Å². The Labute approximate surface area is 86.6 Å². The summed E-state index contributed by atoms with van der Waals surface area (Å²) in [7, 11) is 0. The highest BCUT2D eigenvalue weighted by Crippen LogP contribution is 2.26. The van der Waals surface area contributed by atoms with Gasteiger partial charge in [-0.15, -0.1) is 0 Å². The summed E-state index contributed by atoms with van der Waals surface area (Å²) in [6, 6.07) is 0. The molecule has 1 saturated heterocycles. The lowest BCUT2D eigenvalue weighted by Crippen LogP contribution is -2.34. The molecule has 0 aromatic rings. The zero-order valence-corrected chi connectivity index (χ0v) is 9.68. The second-order valence-corrected chi connectivity index (χ2v) is 5.61. The van der Waals surface area contributed by atoms with Gasteiger partial charge >= 0.3 is 0 Å². The summed E-state index contributed by atoms with van der Waals surface area (Å²) in [6.07, 6.45) is 2.42. The van der Waals surface area contributed by atoms with Gasteiger partial charge in [-0.1, -0.05) is 27.7 Å². The average Bonchev–Trinajstić information content (AvgIpc) is 2.30. The van der Waals surface area contributed by atoms with Crippen molar-refractivity contribution in [1.29, 1.82) is 0 Å². The van der Waals surface area contributed by atoms with Crippen LogP contribution in [-0.2, 0) is 4.79 Å². The van der Waals surface area contributed by atoms with Gasteiger partial charge in [0.25, 0.3) is 0 Å². The maximum absolute atomic E-state index is 10.9. The van der Waals surface area contributed by atoms with Gasteiger partial charge < -0.3 is 5.32 Å². The van der Waals surface area contributed by atoms with Crippen LogP contribution >= 0.6 is 0 Å². The van der Waals surface area contributed by atoms with Gasteiger partial charge in [0.15, 0.2) is 0 Å². The molecule has 0 bridgehead atoms. The molecule has 0 radical (unpaired) electrons.